The van der Waals surface area contributed by atoms with Crippen LogP contribution < -0.4 is 11.1 Å². The van der Waals surface area contributed by atoms with Crippen LogP contribution in [0.5, 0.6) is 0 Å². The van der Waals surface area contributed by atoms with E-state index in [1.54, 1.807) is 22.8 Å². The number of hydrogen-bond donors (Lipinski definition) is 1. The standard InChI is InChI=1S/C15H15N3O2/c16-9-10-6-7-13-12(8-10)17-14(19)15(20)18(13)11-4-2-1-3-5-11/h6-8,11H,1-5H2,(H,17,19). The van der Waals surface area contributed by atoms with Gasteiger partial charge in [0.05, 0.1) is 22.7 Å². The Morgan fingerprint density at radius 3 is 2.65 bits per heavy atom. The number of nitrogens with one attached hydrogen (secondary N) is 1. The highest BCUT2D eigenvalue weighted by atomic mass is 16.2. The number of rotatable bonds is 1. The smallest absolute Gasteiger partial charge is 0.316 e. The average molecular weight is 269 g/mol. The number of fused-ring (bicyclic) bond motifs is 1. The van der Waals surface area contributed by atoms with Crippen LogP contribution in [0.1, 0.15) is 43.7 Å². The van der Waals surface area contributed by atoms with Crippen LogP contribution in [0.3, 0.4) is 0 Å². The van der Waals surface area contributed by atoms with Gasteiger partial charge in [0.25, 0.3) is 0 Å². The van der Waals surface area contributed by atoms with Crippen molar-refractivity contribution in [3.63, 3.8) is 0 Å². The Hall–Kier alpha value is -2.35. The van der Waals surface area contributed by atoms with E-state index in [1.165, 1.54) is 6.42 Å². The third-order valence-corrected chi connectivity index (χ3v) is 3.99. The topological polar surface area (TPSA) is 78.7 Å². The van der Waals surface area contributed by atoms with Crippen LogP contribution in [0.25, 0.3) is 11.0 Å². The molecule has 1 aromatic carbocycles. The van der Waals surface area contributed by atoms with Gasteiger partial charge in [-0.2, -0.15) is 5.26 Å². The SMILES string of the molecule is N#Cc1ccc2c(c1)[nH]c(=O)c(=O)n2C1CCCCC1. The molecule has 0 amide bonds. The molecule has 0 bridgehead atoms. The van der Waals surface area contributed by atoms with Gasteiger partial charge in [-0.25, -0.2) is 0 Å². The molecule has 2 aromatic rings. The fourth-order valence-electron chi connectivity index (χ4n) is 3.01. The second-order valence-electron chi connectivity index (χ2n) is 5.26. The molecule has 1 aromatic heterocycles. The molecular formula is C15H15N3O2. The van der Waals surface area contributed by atoms with Gasteiger partial charge in [0.15, 0.2) is 0 Å². The number of aromatic amines is 1. The van der Waals surface area contributed by atoms with Crippen molar-refractivity contribution in [2.75, 3.05) is 0 Å². The molecule has 0 aliphatic heterocycles. The van der Waals surface area contributed by atoms with E-state index in [2.05, 4.69) is 4.98 Å². The van der Waals surface area contributed by atoms with E-state index in [1.807, 2.05) is 6.07 Å². The normalized spacial score (nSPS) is 16.1. The Balaban J connectivity index is 2.28. The minimum atomic E-state index is -0.613. The van der Waals surface area contributed by atoms with E-state index >= 15 is 0 Å². The van der Waals surface area contributed by atoms with Gasteiger partial charge in [-0.1, -0.05) is 19.3 Å². The number of nitriles is 1. The summed E-state index contributed by atoms with van der Waals surface area (Å²) in [5, 5.41) is 8.93. The summed E-state index contributed by atoms with van der Waals surface area (Å²) < 4.78 is 1.62. The zero-order valence-electron chi connectivity index (χ0n) is 11.1. The molecule has 102 valence electrons. The number of hydrogen-bond acceptors (Lipinski definition) is 3. The van der Waals surface area contributed by atoms with E-state index < -0.39 is 11.1 Å². The van der Waals surface area contributed by atoms with E-state index in [4.69, 9.17) is 5.26 Å². The monoisotopic (exact) mass is 269 g/mol. The summed E-state index contributed by atoms with van der Waals surface area (Å²) in [6.45, 7) is 0. The summed E-state index contributed by atoms with van der Waals surface area (Å²) >= 11 is 0. The van der Waals surface area contributed by atoms with Crippen molar-refractivity contribution in [3.8, 4) is 6.07 Å². The number of aromatic nitrogens is 2. The summed E-state index contributed by atoms with van der Waals surface area (Å²) in [6.07, 6.45) is 5.21. The van der Waals surface area contributed by atoms with E-state index in [0.29, 0.717) is 16.6 Å². The predicted molar refractivity (Wildman–Crippen MR) is 75.7 cm³/mol. The maximum absolute atomic E-state index is 12.2. The maximum Gasteiger partial charge on any atom is 0.316 e. The van der Waals surface area contributed by atoms with Crippen LogP contribution in [0.2, 0.25) is 0 Å². The summed E-state index contributed by atoms with van der Waals surface area (Å²) in [4.78, 5) is 26.6. The summed E-state index contributed by atoms with van der Waals surface area (Å²) in [7, 11) is 0. The van der Waals surface area contributed by atoms with Crippen molar-refractivity contribution in [1.82, 2.24) is 9.55 Å². The molecule has 1 fully saturated rings. The molecule has 1 saturated carbocycles. The van der Waals surface area contributed by atoms with Crippen molar-refractivity contribution < 1.29 is 0 Å². The molecule has 0 spiro atoms. The largest absolute Gasteiger partial charge is 0.316 e. The Morgan fingerprint density at radius 1 is 1.20 bits per heavy atom. The number of H-pyrrole nitrogens is 1. The van der Waals surface area contributed by atoms with Crippen LogP contribution in [-0.2, 0) is 0 Å². The first kappa shape index (κ1) is 12.7. The Morgan fingerprint density at radius 2 is 1.95 bits per heavy atom. The van der Waals surface area contributed by atoms with Gasteiger partial charge in [-0.05, 0) is 31.0 Å². The lowest BCUT2D eigenvalue weighted by atomic mass is 9.95. The Labute approximate surface area is 115 Å². The molecule has 0 radical (unpaired) electrons. The van der Waals surface area contributed by atoms with Gasteiger partial charge in [0, 0.05) is 6.04 Å². The molecule has 0 unspecified atom stereocenters. The van der Waals surface area contributed by atoms with Crippen molar-refractivity contribution in [2.24, 2.45) is 0 Å². The molecule has 0 saturated heterocycles. The minimum absolute atomic E-state index is 0.0917. The van der Waals surface area contributed by atoms with Gasteiger partial charge in [0.2, 0.25) is 0 Å². The second-order valence-corrected chi connectivity index (χ2v) is 5.26. The van der Waals surface area contributed by atoms with Crippen molar-refractivity contribution in [3.05, 3.63) is 44.5 Å². The first-order valence-electron chi connectivity index (χ1n) is 6.89. The van der Waals surface area contributed by atoms with E-state index in [-0.39, 0.29) is 6.04 Å². The lowest BCUT2D eigenvalue weighted by Crippen LogP contribution is -2.38. The molecule has 1 N–H and O–H groups in total. The van der Waals surface area contributed by atoms with Gasteiger partial charge >= 0.3 is 11.1 Å². The van der Waals surface area contributed by atoms with E-state index in [9.17, 15) is 9.59 Å². The minimum Gasteiger partial charge on any atom is -0.316 e. The van der Waals surface area contributed by atoms with Gasteiger partial charge in [-0.15, -0.1) is 0 Å². The zero-order valence-corrected chi connectivity index (χ0v) is 11.1. The highest BCUT2D eigenvalue weighted by Crippen LogP contribution is 2.28. The fraction of sp³-hybridized carbons (Fsp3) is 0.400. The average Bonchev–Trinajstić information content (AvgIpc) is 2.49. The van der Waals surface area contributed by atoms with Gasteiger partial charge in [-0.3, -0.25) is 14.2 Å². The Kier molecular flexibility index (Phi) is 3.15. The quantitative estimate of drug-likeness (QED) is 0.805. The molecule has 20 heavy (non-hydrogen) atoms. The van der Waals surface area contributed by atoms with E-state index in [0.717, 1.165) is 25.7 Å². The highest BCUT2D eigenvalue weighted by Gasteiger charge is 2.19. The summed E-state index contributed by atoms with van der Waals surface area (Å²) in [5.74, 6) is 0. The molecule has 5 heteroatoms. The van der Waals surface area contributed by atoms with Crippen molar-refractivity contribution in [2.45, 2.75) is 38.1 Å². The summed E-state index contributed by atoms with van der Waals surface area (Å²) in [5.41, 5.74) is 0.633. The second kappa shape index (κ2) is 4.97. The molecule has 0 atom stereocenters. The van der Waals surface area contributed by atoms with Crippen LogP contribution in [-0.4, -0.2) is 9.55 Å². The maximum atomic E-state index is 12.2. The first-order chi connectivity index (χ1) is 9.70. The molecule has 1 aliphatic carbocycles. The third-order valence-electron chi connectivity index (χ3n) is 3.99. The lowest BCUT2D eigenvalue weighted by Gasteiger charge is -2.25. The molecule has 1 aliphatic rings. The van der Waals surface area contributed by atoms with Gasteiger partial charge < -0.3 is 4.98 Å². The van der Waals surface area contributed by atoms with Gasteiger partial charge in [0.1, 0.15) is 0 Å². The predicted octanol–water partition coefficient (Wildman–Crippen LogP) is 2.07. The lowest BCUT2D eigenvalue weighted by molar-refractivity contribution is 0.352. The molecule has 3 rings (SSSR count). The number of nitrogens with zero attached hydrogens (tertiary/aromatic N) is 2. The zero-order chi connectivity index (χ0) is 14.1. The van der Waals surface area contributed by atoms with Crippen molar-refractivity contribution >= 4 is 11.0 Å². The van der Waals surface area contributed by atoms with Crippen LogP contribution in [0.4, 0.5) is 0 Å². The molecule has 1 heterocycles. The van der Waals surface area contributed by atoms with Crippen LogP contribution in [0.15, 0.2) is 27.8 Å². The Bertz CT molecular complexity index is 804. The third kappa shape index (κ3) is 2.03. The molecular weight excluding hydrogens is 254 g/mol. The number of benzene rings is 1. The summed E-state index contributed by atoms with van der Waals surface area (Å²) in [6, 6.07) is 7.18. The highest BCUT2D eigenvalue weighted by molar-refractivity contribution is 5.76. The van der Waals surface area contributed by atoms with Crippen LogP contribution >= 0.6 is 0 Å². The fourth-order valence-corrected chi connectivity index (χ4v) is 3.01. The first-order valence-corrected chi connectivity index (χ1v) is 6.89. The molecule has 5 nitrogen and oxygen atoms in total. The van der Waals surface area contributed by atoms with Crippen molar-refractivity contribution in [1.29, 1.82) is 5.26 Å². The van der Waals surface area contributed by atoms with Crippen LogP contribution in [0, 0.1) is 11.3 Å².